The van der Waals surface area contributed by atoms with E-state index in [0.29, 0.717) is 11.3 Å². The van der Waals surface area contributed by atoms with Gasteiger partial charge in [-0.3, -0.25) is 0 Å². The summed E-state index contributed by atoms with van der Waals surface area (Å²) in [5.41, 5.74) is 1.20. The van der Waals surface area contributed by atoms with Gasteiger partial charge in [0.2, 0.25) is 4.73 Å². The second-order valence-electron chi connectivity index (χ2n) is 3.89. The molecule has 96 valence electrons. The lowest BCUT2D eigenvalue weighted by Crippen LogP contribution is -2.06. The Labute approximate surface area is 123 Å². The van der Waals surface area contributed by atoms with Crippen molar-refractivity contribution >= 4 is 31.9 Å². The first-order valence-electron chi connectivity index (χ1n) is 5.60. The summed E-state index contributed by atoms with van der Waals surface area (Å²) in [6.07, 6.45) is 0.877. The molecule has 0 bridgehead atoms. The van der Waals surface area contributed by atoms with Gasteiger partial charge in [-0.05, 0) is 56.5 Å². The highest BCUT2D eigenvalue weighted by molar-refractivity contribution is 9.11. The van der Waals surface area contributed by atoms with E-state index in [9.17, 15) is 0 Å². The number of halogens is 2. The van der Waals surface area contributed by atoms with Crippen molar-refractivity contribution in [1.82, 2.24) is 14.8 Å². The highest BCUT2D eigenvalue weighted by Gasteiger charge is 2.04. The Morgan fingerprint density at radius 1 is 1.33 bits per heavy atom. The van der Waals surface area contributed by atoms with Crippen LogP contribution in [-0.2, 0) is 6.54 Å². The van der Waals surface area contributed by atoms with Crippen molar-refractivity contribution in [2.24, 2.45) is 0 Å². The van der Waals surface area contributed by atoms with E-state index in [1.165, 1.54) is 5.56 Å². The van der Waals surface area contributed by atoms with E-state index in [0.717, 1.165) is 23.4 Å². The fraction of sp³-hybridized carbons (Fsp3) is 0.333. The maximum atomic E-state index is 5.67. The fourth-order valence-electron chi connectivity index (χ4n) is 1.55. The van der Waals surface area contributed by atoms with Gasteiger partial charge in [0.25, 0.3) is 0 Å². The Balaban J connectivity index is 1.78. The van der Waals surface area contributed by atoms with Gasteiger partial charge in [-0.1, -0.05) is 12.1 Å². The third kappa shape index (κ3) is 3.81. The molecule has 0 fully saturated rings. The van der Waals surface area contributed by atoms with E-state index >= 15 is 0 Å². The van der Waals surface area contributed by atoms with Crippen molar-refractivity contribution in [2.75, 3.05) is 6.61 Å². The van der Waals surface area contributed by atoms with Crippen LogP contribution in [0.25, 0.3) is 0 Å². The minimum Gasteiger partial charge on any atom is -0.494 e. The summed E-state index contributed by atoms with van der Waals surface area (Å²) in [7, 11) is 0. The normalized spacial score (nSPS) is 10.6. The van der Waals surface area contributed by atoms with Crippen LogP contribution in [0.3, 0.4) is 0 Å². The molecule has 0 saturated carbocycles. The zero-order chi connectivity index (χ0) is 13.0. The van der Waals surface area contributed by atoms with E-state index < -0.39 is 0 Å². The molecule has 0 atom stereocenters. The lowest BCUT2D eigenvalue weighted by Gasteiger charge is -2.07. The second-order valence-corrected chi connectivity index (χ2v) is 5.31. The molecule has 0 aliphatic rings. The molecule has 0 amide bonds. The van der Waals surface area contributed by atoms with Gasteiger partial charge < -0.3 is 4.74 Å². The molecule has 0 spiro atoms. The molecule has 6 heteroatoms. The standard InChI is InChI=1S/C12H13Br2N3O/c1-9-4-2-5-10(8-9)18-7-3-6-17-12(14)15-11(13)16-17/h2,4-5,8H,3,6-7H2,1H3. The molecule has 1 aromatic carbocycles. The largest absolute Gasteiger partial charge is 0.494 e. The first kappa shape index (κ1) is 13.5. The predicted molar refractivity (Wildman–Crippen MR) is 76.7 cm³/mol. The summed E-state index contributed by atoms with van der Waals surface area (Å²) in [5.74, 6) is 0.911. The van der Waals surface area contributed by atoms with Crippen LogP contribution in [0.15, 0.2) is 33.7 Å². The number of benzene rings is 1. The third-order valence-electron chi connectivity index (χ3n) is 2.37. The Morgan fingerprint density at radius 3 is 2.83 bits per heavy atom. The van der Waals surface area contributed by atoms with E-state index in [4.69, 9.17) is 4.74 Å². The molecule has 0 radical (unpaired) electrons. The second kappa shape index (κ2) is 6.33. The highest BCUT2D eigenvalue weighted by Crippen LogP contribution is 2.14. The van der Waals surface area contributed by atoms with Gasteiger partial charge in [0.05, 0.1) is 6.61 Å². The van der Waals surface area contributed by atoms with Crippen LogP contribution in [0, 0.1) is 6.92 Å². The van der Waals surface area contributed by atoms with Gasteiger partial charge in [0.1, 0.15) is 5.75 Å². The minimum atomic E-state index is 0.592. The summed E-state index contributed by atoms with van der Waals surface area (Å²) >= 11 is 6.57. The maximum absolute atomic E-state index is 5.67. The first-order chi connectivity index (χ1) is 8.65. The molecule has 0 saturated heterocycles. The Morgan fingerprint density at radius 2 is 2.17 bits per heavy atom. The molecule has 2 rings (SSSR count). The number of hydrogen-bond acceptors (Lipinski definition) is 3. The van der Waals surface area contributed by atoms with Crippen LogP contribution in [0.5, 0.6) is 5.75 Å². The van der Waals surface area contributed by atoms with Crippen molar-refractivity contribution in [1.29, 1.82) is 0 Å². The van der Waals surface area contributed by atoms with E-state index in [-0.39, 0.29) is 0 Å². The van der Waals surface area contributed by atoms with Crippen molar-refractivity contribution in [3.05, 3.63) is 39.3 Å². The molecular formula is C12H13Br2N3O. The topological polar surface area (TPSA) is 39.9 Å². The van der Waals surface area contributed by atoms with E-state index in [2.05, 4.69) is 54.9 Å². The minimum absolute atomic E-state index is 0.592. The van der Waals surface area contributed by atoms with Crippen LogP contribution in [0.2, 0.25) is 0 Å². The Kier molecular flexibility index (Phi) is 4.77. The van der Waals surface area contributed by atoms with Crippen LogP contribution in [0.4, 0.5) is 0 Å². The third-order valence-corrected chi connectivity index (χ3v) is 3.30. The predicted octanol–water partition coefficient (Wildman–Crippen LogP) is 3.58. The van der Waals surface area contributed by atoms with Crippen LogP contribution in [-0.4, -0.2) is 21.4 Å². The molecule has 4 nitrogen and oxygen atoms in total. The van der Waals surface area contributed by atoms with Gasteiger partial charge in [-0.25, -0.2) is 4.68 Å². The number of aryl methyl sites for hydroxylation is 2. The average molecular weight is 375 g/mol. The molecule has 2 aromatic rings. The smallest absolute Gasteiger partial charge is 0.218 e. The lowest BCUT2D eigenvalue weighted by atomic mass is 10.2. The molecule has 0 aliphatic carbocycles. The molecule has 18 heavy (non-hydrogen) atoms. The lowest BCUT2D eigenvalue weighted by molar-refractivity contribution is 0.297. The van der Waals surface area contributed by atoms with Gasteiger partial charge >= 0.3 is 0 Å². The van der Waals surface area contributed by atoms with Crippen molar-refractivity contribution in [3.8, 4) is 5.75 Å². The van der Waals surface area contributed by atoms with Crippen LogP contribution < -0.4 is 4.74 Å². The van der Waals surface area contributed by atoms with Crippen molar-refractivity contribution in [2.45, 2.75) is 19.9 Å². The highest BCUT2D eigenvalue weighted by atomic mass is 79.9. The number of aromatic nitrogens is 3. The molecule has 0 aliphatic heterocycles. The maximum Gasteiger partial charge on any atom is 0.218 e. The molecular weight excluding hydrogens is 362 g/mol. The Bertz CT molecular complexity index is 528. The van der Waals surface area contributed by atoms with Crippen LogP contribution >= 0.6 is 31.9 Å². The van der Waals surface area contributed by atoms with Gasteiger partial charge in [-0.2, -0.15) is 4.98 Å². The molecule has 1 aromatic heterocycles. The number of ether oxygens (including phenoxy) is 1. The summed E-state index contributed by atoms with van der Waals surface area (Å²) < 4.78 is 8.78. The summed E-state index contributed by atoms with van der Waals surface area (Å²) in [5, 5.41) is 4.19. The number of rotatable bonds is 5. The van der Waals surface area contributed by atoms with Crippen LogP contribution in [0.1, 0.15) is 12.0 Å². The summed E-state index contributed by atoms with van der Waals surface area (Å²) in [6, 6.07) is 8.05. The number of nitrogens with zero attached hydrogens (tertiary/aromatic N) is 3. The first-order valence-corrected chi connectivity index (χ1v) is 7.19. The van der Waals surface area contributed by atoms with Crippen molar-refractivity contribution < 1.29 is 4.74 Å². The monoisotopic (exact) mass is 373 g/mol. The molecule has 1 heterocycles. The average Bonchev–Trinajstić information content (AvgIpc) is 2.64. The van der Waals surface area contributed by atoms with Gasteiger partial charge in [0.15, 0.2) is 4.73 Å². The van der Waals surface area contributed by atoms with Gasteiger partial charge in [0, 0.05) is 13.0 Å². The van der Waals surface area contributed by atoms with E-state index in [1.54, 1.807) is 4.68 Å². The zero-order valence-corrected chi connectivity index (χ0v) is 13.1. The fourth-order valence-corrected chi connectivity index (χ4v) is 2.57. The van der Waals surface area contributed by atoms with Gasteiger partial charge in [-0.15, -0.1) is 5.10 Å². The number of hydrogen-bond donors (Lipinski definition) is 0. The molecule has 0 unspecified atom stereocenters. The molecule has 0 N–H and O–H groups in total. The summed E-state index contributed by atoms with van der Waals surface area (Å²) in [6.45, 7) is 3.48. The Hall–Kier alpha value is -0.880. The van der Waals surface area contributed by atoms with Crippen molar-refractivity contribution in [3.63, 3.8) is 0 Å². The summed E-state index contributed by atoms with van der Waals surface area (Å²) in [4.78, 5) is 4.10. The zero-order valence-electron chi connectivity index (χ0n) is 9.94. The van der Waals surface area contributed by atoms with E-state index in [1.807, 2.05) is 18.2 Å². The SMILES string of the molecule is Cc1cccc(OCCCn2nc(Br)nc2Br)c1. The quantitative estimate of drug-likeness (QED) is 0.751.